The molecule has 2 saturated carbocycles. The lowest BCUT2D eigenvalue weighted by Crippen LogP contribution is -2.29. The first-order valence-corrected chi connectivity index (χ1v) is 8.48. The van der Waals surface area contributed by atoms with E-state index in [0.29, 0.717) is 5.41 Å². The summed E-state index contributed by atoms with van der Waals surface area (Å²) in [6.07, 6.45) is 7.38. The van der Waals surface area contributed by atoms with E-state index in [9.17, 15) is 0 Å². The Morgan fingerprint density at radius 1 is 1.35 bits per heavy atom. The smallest absolute Gasteiger partial charge is 0.126 e. The molecule has 1 N–H and O–H groups in total. The second kappa shape index (κ2) is 4.90. The fourth-order valence-corrected chi connectivity index (χ4v) is 4.32. The van der Waals surface area contributed by atoms with Gasteiger partial charge in [-0.05, 0) is 61.3 Å². The molecule has 0 bridgehead atoms. The highest BCUT2D eigenvalue weighted by Crippen LogP contribution is 2.61. The summed E-state index contributed by atoms with van der Waals surface area (Å²) in [7, 11) is 0. The molecule has 0 radical (unpaired) electrons. The van der Waals surface area contributed by atoms with E-state index in [1.807, 2.05) is 18.2 Å². The zero-order valence-electron chi connectivity index (χ0n) is 11.3. The van der Waals surface area contributed by atoms with Gasteiger partial charge in [0.1, 0.15) is 11.8 Å². The molecule has 0 aromatic carbocycles. The van der Waals surface area contributed by atoms with E-state index in [1.54, 1.807) is 17.6 Å². The van der Waals surface area contributed by atoms with Crippen molar-refractivity contribution in [2.75, 3.05) is 6.54 Å². The maximum atomic E-state index is 6.09. The van der Waals surface area contributed by atoms with E-state index in [2.05, 4.69) is 11.4 Å². The zero-order valence-corrected chi connectivity index (χ0v) is 12.8. The van der Waals surface area contributed by atoms with Crippen LogP contribution in [0.2, 0.25) is 4.34 Å². The molecule has 2 aromatic rings. The molecule has 0 aliphatic heterocycles. The molecular weight excluding hydrogens is 290 g/mol. The van der Waals surface area contributed by atoms with Crippen molar-refractivity contribution in [2.45, 2.75) is 31.7 Å². The lowest BCUT2D eigenvalue weighted by molar-refractivity contribution is 0.367. The van der Waals surface area contributed by atoms with Gasteiger partial charge in [-0.25, -0.2) is 0 Å². The Morgan fingerprint density at radius 3 is 2.75 bits per heavy atom. The first kappa shape index (κ1) is 12.9. The van der Waals surface area contributed by atoms with Crippen molar-refractivity contribution in [1.82, 2.24) is 5.32 Å². The maximum absolute atomic E-state index is 6.09. The molecule has 2 aliphatic carbocycles. The fraction of sp³-hybridized carbons (Fsp3) is 0.500. The Kier molecular flexibility index (Phi) is 3.17. The Labute approximate surface area is 128 Å². The van der Waals surface area contributed by atoms with Gasteiger partial charge < -0.3 is 9.73 Å². The quantitative estimate of drug-likeness (QED) is 0.824. The van der Waals surface area contributed by atoms with Crippen LogP contribution >= 0.6 is 22.9 Å². The summed E-state index contributed by atoms with van der Waals surface area (Å²) in [5, 5.41) is 3.73. The highest BCUT2D eigenvalue weighted by atomic mass is 35.5. The zero-order chi connectivity index (χ0) is 13.6. The van der Waals surface area contributed by atoms with Crippen LogP contribution in [-0.4, -0.2) is 6.54 Å². The van der Waals surface area contributed by atoms with Crippen LogP contribution in [-0.2, 0) is 0 Å². The Balaban J connectivity index is 1.53. The van der Waals surface area contributed by atoms with Gasteiger partial charge in [-0.15, -0.1) is 11.3 Å². The molecule has 2 fully saturated rings. The monoisotopic (exact) mass is 307 g/mol. The standard InChI is InChI=1S/C16H18ClNOS/c17-14-6-5-13(20-14)15(12-2-1-9-19-12)18-10-16(7-8-16)11-3-4-11/h1-2,5-6,9,11,15,18H,3-4,7-8,10H2. The van der Waals surface area contributed by atoms with Gasteiger partial charge in [0.2, 0.25) is 0 Å². The Bertz CT molecular complexity index is 583. The summed E-state index contributed by atoms with van der Waals surface area (Å²) in [4.78, 5) is 1.23. The van der Waals surface area contributed by atoms with Gasteiger partial charge >= 0.3 is 0 Å². The summed E-state index contributed by atoms with van der Waals surface area (Å²) < 4.78 is 6.46. The normalized spacial score (nSPS) is 21.9. The number of hydrogen-bond acceptors (Lipinski definition) is 3. The molecule has 20 heavy (non-hydrogen) atoms. The molecule has 2 aromatic heterocycles. The molecule has 2 heterocycles. The largest absolute Gasteiger partial charge is 0.467 e. The van der Waals surface area contributed by atoms with Crippen molar-refractivity contribution < 1.29 is 4.42 Å². The van der Waals surface area contributed by atoms with Gasteiger partial charge in [0.25, 0.3) is 0 Å². The minimum absolute atomic E-state index is 0.138. The Hall–Kier alpha value is -0.770. The summed E-state index contributed by atoms with van der Waals surface area (Å²) >= 11 is 7.72. The lowest BCUT2D eigenvalue weighted by Gasteiger charge is -2.20. The Morgan fingerprint density at radius 2 is 2.20 bits per heavy atom. The first-order chi connectivity index (χ1) is 9.77. The number of hydrogen-bond donors (Lipinski definition) is 1. The van der Waals surface area contributed by atoms with Gasteiger partial charge in [-0.1, -0.05) is 11.6 Å². The van der Waals surface area contributed by atoms with Crippen LogP contribution in [0.15, 0.2) is 34.9 Å². The van der Waals surface area contributed by atoms with Gasteiger partial charge in [0, 0.05) is 11.4 Å². The molecule has 0 saturated heterocycles. The third kappa shape index (κ3) is 2.43. The van der Waals surface area contributed by atoms with Crippen LogP contribution in [0, 0.1) is 11.3 Å². The number of thiophene rings is 1. The lowest BCUT2D eigenvalue weighted by atomic mass is 10.00. The highest BCUT2D eigenvalue weighted by Gasteiger charge is 2.53. The summed E-state index contributed by atoms with van der Waals surface area (Å²) in [5.74, 6) is 1.95. The van der Waals surface area contributed by atoms with E-state index in [4.69, 9.17) is 16.0 Å². The summed E-state index contributed by atoms with van der Waals surface area (Å²) in [6, 6.07) is 8.20. The fourth-order valence-electron chi connectivity index (χ4n) is 3.17. The summed E-state index contributed by atoms with van der Waals surface area (Å²) in [6.45, 7) is 1.10. The first-order valence-electron chi connectivity index (χ1n) is 7.29. The highest BCUT2D eigenvalue weighted by molar-refractivity contribution is 7.16. The van der Waals surface area contributed by atoms with Crippen molar-refractivity contribution in [2.24, 2.45) is 11.3 Å². The van der Waals surface area contributed by atoms with Crippen LogP contribution in [0.5, 0.6) is 0 Å². The predicted molar refractivity (Wildman–Crippen MR) is 82.3 cm³/mol. The molecule has 0 amide bonds. The molecule has 1 unspecified atom stereocenters. The second-order valence-corrected chi connectivity index (χ2v) is 7.85. The van der Waals surface area contributed by atoms with E-state index in [1.165, 1.54) is 30.6 Å². The van der Waals surface area contributed by atoms with Crippen LogP contribution in [0.1, 0.15) is 42.4 Å². The average molecular weight is 308 g/mol. The molecule has 106 valence electrons. The third-order valence-electron chi connectivity index (χ3n) is 4.70. The molecule has 1 atom stereocenters. The number of nitrogens with one attached hydrogen (secondary N) is 1. The van der Waals surface area contributed by atoms with Crippen molar-refractivity contribution >= 4 is 22.9 Å². The van der Waals surface area contributed by atoms with Crippen LogP contribution in [0.4, 0.5) is 0 Å². The summed E-state index contributed by atoms with van der Waals surface area (Å²) in [5.41, 5.74) is 0.589. The molecule has 4 heteroatoms. The molecule has 0 spiro atoms. The minimum atomic E-state index is 0.138. The van der Waals surface area contributed by atoms with E-state index < -0.39 is 0 Å². The molecule has 4 rings (SSSR count). The molecular formula is C16H18ClNOS. The number of furan rings is 1. The van der Waals surface area contributed by atoms with E-state index >= 15 is 0 Å². The van der Waals surface area contributed by atoms with Gasteiger partial charge in [0.15, 0.2) is 0 Å². The van der Waals surface area contributed by atoms with Crippen molar-refractivity contribution in [3.05, 3.63) is 45.5 Å². The van der Waals surface area contributed by atoms with Crippen molar-refractivity contribution in [3.63, 3.8) is 0 Å². The SMILES string of the molecule is Clc1ccc(C(NCC2(C3CC3)CC2)c2ccco2)s1. The van der Waals surface area contributed by atoms with Crippen LogP contribution in [0.25, 0.3) is 0 Å². The third-order valence-corrected chi connectivity index (χ3v) is 6.00. The predicted octanol–water partition coefficient (Wildman–Crippen LogP) is 4.86. The number of halogens is 1. The van der Waals surface area contributed by atoms with Crippen LogP contribution < -0.4 is 5.32 Å². The minimum Gasteiger partial charge on any atom is -0.467 e. The van der Waals surface area contributed by atoms with E-state index in [0.717, 1.165) is 22.6 Å². The van der Waals surface area contributed by atoms with Crippen LogP contribution in [0.3, 0.4) is 0 Å². The van der Waals surface area contributed by atoms with Crippen molar-refractivity contribution in [3.8, 4) is 0 Å². The van der Waals surface area contributed by atoms with Gasteiger partial charge in [-0.3, -0.25) is 0 Å². The topological polar surface area (TPSA) is 25.2 Å². The average Bonchev–Trinajstić information content (AvgIpc) is 3.33. The van der Waals surface area contributed by atoms with E-state index in [-0.39, 0.29) is 6.04 Å². The molecule has 2 nitrogen and oxygen atoms in total. The van der Waals surface area contributed by atoms with Gasteiger partial charge in [-0.2, -0.15) is 0 Å². The van der Waals surface area contributed by atoms with Crippen molar-refractivity contribution in [1.29, 1.82) is 0 Å². The second-order valence-electron chi connectivity index (χ2n) is 6.11. The number of rotatable bonds is 6. The molecule has 2 aliphatic rings. The van der Waals surface area contributed by atoms with Gasteiger partial charge in [0.05, 0.1) is 10.6 Å². The maximum Gasteiger partial charge on any atom is 0.126 e.